The molecule has 0 aromatic heterocycles. The van der Waals surface area contributed by atoms with Gasteiger partial charge >= 0.3 is 0 Å². The van der Waals surface area contributed by atoms with Crippen LogP contribution in [0.15, 0.2) is 24.3 Å². The highest BCUT2D eigenvalue weighted by molar-refractivity contribution is 5.87. The minimum Gasteiger partial charge on any atom is -0.508 e. The number of phenolic OH excluding ortho intramolecular Hbond substituents is 1. The Bertz CT molecular complexity index is 664. The molecule has 0 spiro atoms. The minimum absolute atomic E-state index is 0.0662. The number of rotatable bonds is 22. The maximum atomic E-state index is 12.9. The van der Waals surface area contributed by atoms with Crippen LogP contribution in [0.5, 0.6) is 5.75 Å². The van der Waals surface area contributed by atoms with Crippen LogP contribution in [0.25, 0.3) is 0 Å². The van der Waals surface area contributed by atoms with Crippen molar-refractivity contribution in [3.05, 3.63) is 29.8 Å². The van der Waals surface area contributed by atoms with E-state index in [0.29, 0.717) is 19.4 Å². The van der Waals surface area contributed by atoms with Crippen LogP contribution in [-0.2, 0) is 16.0 Å². The van der Waals surface area contributed by atoms with Crippen LogP contribution >= 0.6 is 0 Å². The third-order valence-electron chi connectivity index (χ3n) is 6.47. The lowest BCUT2D eigenvalue weighted by molar-refractivity contribution is -0.129. The summed E-state index contributed by atoms with van der Waals surface area (Å²) in [5, 5.41) is 15.5. The van der Waals surface area contributed by atoms with Crippen molar-refractivity contribution in [3.63, 3.8) is 0 Å². The zero-order chi connectivity index (χ0) is 25.6. The lowest BCUT2D eigenvalue weighted by Crippen LogP contribution is -2.48. The number of nitrogens with two attached hydrogens (primary N) is 1. The van der Waals surface area contributed by atoms with E-state index >= 15 is 0 Å². The van der Waals surface area contributed by atoms with Gasteiger partial charge in [0.25, 0.3) is 0 Å². The van der Waals surface area contributed by atoms with Gasteiger partial charge in [-0.1, -0.05) is 96.1 Å². The van der Waals surface area contributed by atoms with E-state index in [2.05, 4.69) is 17.6 Å². The van der Waals surface area contributed by atoms with E-state index in [0.717, 1.165) is 50.6 Å². The van der Waals surface area contributed by atoms with E-state index in [9.17, 15) is 14.7 Å². The number of hydrogen-bond donors (Lipinski definition) is 4. The molecule has 1 aromatic carbocycles. The molecule has 0 radical (unpaired) electrons. The van der Waals surface area contributed by atoms with Crippen molar-refractivity contribution in [1.29, 1.82) is 0 Å². The molecule has 2 amide bonds. The predicted molar refractivity (Wildman–Crippen MR) is 145 cm³/mol. The molecule has 0 bridgehead atoms. The van der Waals surface area contributed by atoms with Gasteiger partial charge in [0.05, 0.1) is 0 Å². The van der Waals surface area contributed by atoms with Crippen molar-refractivity contribution < 1.29 is 14.7 Å². The molecule has 200 valence electrons. The molecule has 5 N–H and O–H groups in total. The van der Waals surface area contributed by atoms with Crippen molar-refractivity contribution in [1.82, 2.24) is 10.6 Å². The van der Waals surface area contributed by atoms with E-state index < -0.39 is 6.04 Å². The molecule has 0 saturated carbocycles. The molecular formula is C29H51N3O3. The Balaban J connectivity index is 2.32. The second-order valence-corrected chi connectivity index (χ2v) is 9.77. The third-order valence-corrected chi connectivity index (χ3v) is 6.47. The van der Waals surface area contributed by atoms with Crippen molar-refractivity contribution in [2.45, 2.75) is 122 Å². The fourth-order valence-electron chi connectivity index (χ4n) is 4.25. The summed E-state index contributed by atoms with van der Waals surface area (Å²) in [5.41, 5.74) is 6.43. The summed E-state index contributed by atoms with van der Waals surface area (Å²) in [5.74, 6) is -0.00389. The molecular weight excluding hydrogens is 438 g/mol. The highest BCUT2D eigenvalue weighted by Crippen LogP contribution is 2.13. The molecule has 0 unspecified atom stereocenters. The SMILES string of the molecule is CCCCCCCC(=O)N[C@@H](Cc1ccc(O)cc1)C(=O)NCCCCCCCCCCCCN. The topological polar surface area (TPSA) is 104 Å². The van der Waals surface area contributed by atoms with Crippen molar-refractivity contribution >= 4 is 11.8 Å². The zero-order valence-electron chi connectivity index (χ0n) is 22.2. The first-order chi connectivity index (χ1) is 17.1. The number of aromatic hydroxyl groups is 1. The van der Waals surface area contributed by atoms with Gasteiger partial charge in [0, 0.05) is 19.4 Å². The van der Waals surface area contributed by atoms with Crippen LogP contribution in [0.4, 0.5) is 0 Å². The normalized spacial score (nSPS) is 11.8. The second kappa shape index (κ2) is 21.2. The summed E-state index contributed by atoms with van der Waals surface area (Å²) in [6.45, 7) is 3.61. The first kappa shape index (κ1) is 31.0. The molecule has 0 aliphatic heterocycles. The molecule has 6 nitrogen and oxygen atoms in total. The van der Waals surface area contributed by atoms with Crippen molar-refractivity contribution in [2.75, 3.05) is 13.1 Å². The van der Waals surface area contributed by atoms with Crippen LogP contribution < -0.4 is 16.4 Å². The minimum atomic E-state index is -0.595. The number of unbranched alkanes of at least 4 members (excludes halogenated alkanes) is 13. The van der Waals surface area contributed by atoms with E-state index in [-0.39, 0.29) is 17.6 Å². The monoisotopic (exact) mass is 489 g/mol. The fourth-order valence-corrected chi connectivity index (χ4v) is 4.25. The van der Waals surface area contributed by atoms with Gasteiger partial charge in [0.1, 0.15) is 11.8 Å². The molecule has 0 fully saturated rings. The summed E-state index contributed by atoms with van der Waals surface area (Å²) >= 11 is 0. The summed E-state index contributed by atoms with van der Waals surface area (Å²) in [4.78, 5) is 25.3. The Hall–Kier alpha value is -2.08. The number of nitrogens with one attached hydrogen (secondary N) is 2. The van der Waals surface area contributed by atoms with Gasteiger partial charge in [-0.2, -0.15) is 0 Å². The van der Waals surface area contributed by atoms with Crippen LogP contribution in [0.3, 0.4) is 0 Å². The molecule has 1 rings (SSSR count). The van der Waals surface area contributed by atoms with Crippen LogP contribution in [-0.4, -0.2) is 36.1 Å². The summed E-state index contributed by atoms with van der Waals surface area (Å²) in [6, 6.07) is 6.22. The first-order valence-corrected chi connectivity index (χ1v) is 14.1. The summed E-state index contributed by atoms with van der Waals surface area (Å²) < 4.78 is 0. The maximum absolute atomic E-state index is 12.9. The fraction of sp³-hybridized carbons (Fsp3) is 0.724. The number of benzene rings is 1. The molecule has 0 aliphatic rings. The number of phenols is 1. The standard InChI is InChI=1S/C29H51N3O3/c1-2-3-4-11-14-17-28(34)32-27(24-25-18-20-26(33)21-19-25)29(35)31-23-16-13-10-8-6-5-7-9-12-15-22-30/h18-21,27,33H,2-17,22-24,30H2,1H3,(H,31,35)(H,32,34)/t27-/m0/s1. The average Bonchev–Trinajstić information content (AvgIpc) is 2.85. The van der Waals surface area contributed by atoms with Gasteiger partial charge in [0.2, 0.25) is 11.8 Å². The molecule has 0 saturated heterocycles. The molecule has 0 heterocycles. The number of hydrogen-bond acceptors (Lipinski definition) is 4. The molecule has 6 heteroatoms. The number of amides is 2. The maximum Gasteiger partial charge on any atom is 0.242 e. The second-order valence-electron chi connectivity index (χ2n) is 9.77. The van der Waals surface area contributed by atoms with E-state index in [4.69, 9.17) is 5.73 Å². The van der Waals surface area contributed by atoms with Crippen molar-refractivity contribution in [2.24, 2.45) is 5.73 Å². The number of carbonyl (C=O) groups is 2. The van der Waals surface area contributed by atoms with Crippen LogP contribution in [0.1, 0.15) is 115 Å². The molecule has 1 aromatic rings. The van der Waals surface area contributed by atoms with Crippen molar-refractivity contribution in [3.8, 4) is 5.75 Å². The van der Waals surface area contributed by atoms with Gasteiger partial charge in [-0.05, 0) is 43.5 Å². The van der Waals surface area contributed by atoms with E-state index in [1.165, 1.54) is 57.8 Å². The van der Waals surface area contributed by atoms with Crippen LogP contribution in [0, 0.1) is 0 Å². The quantitative estimate of drug-likeness (QED) is 0.156. The smallest absolute Gasteiger partial charge is 0.242 e. The van der Waals surface area contributed by atoms with Gasteiger partial charge in [0.15, 0.2) is 0 Å². The predicted octanol–water partition coefficient (Wildman–Crippen LogP) is 5.76. The average molecular weight is 490 g/mol. The number of carbonyl (C=O) groups excluding carboxylic acids is 2. The Morgan fingerprint density at radius 3 is 1.94 bits per heavy atom. The Labute approximate surface area is 213 Å². The Morgan fingerprint density at radius 2 is 1.34 bits per heavy atom. The molecule has 35 heavy (non-hydrogen) atoms. The first-order valence-electron chi connectivity index (χ1n) is 14.1. The Kier molecular flexibility index (Phi) is 18.8. The van der Waals surface area contributed by atoms with Crippen LogP contribution in [0.2, 0.25) is 0 Å². The highest BCUT2D eigenvalue weighted by atomic mass is 16.3. The highest BCUT2D eigenvalue weighted by Gasteiger charge is 2.21. The van der Waals surface area contributed by atoms with E-state index in [1.54, 1.807) is 24.3 Å². The van der Waals surface area contributed by atoms with Gasteiger partial charge < -0.3 is 21.5 Å². The van der Waals surface area contributed by atoms with E-state index in [1.807, 2.05) is 0 Å². The lowest BCUT2D eigenvalue weighted by Gasteiger charge is -2.19. The molecule has 0 aliphatic carbocycles. The van der Waals surface area contributed by atoms with Gasteiger partial charge in [-0.15, -0.1) is 0 Å². The zero-order valence-corrected chi connectivity index (χ0v) is 22.2. The molecule has 1 atom stereocenters. The Morgan fingerprint density at radius 1 is 0.800 bits per heavy atom. The summed E-state index contributed by atoms with van der Waals surface area (Å²) in [7, 11) is 0. The lowest BCUT2D eigenvalue weighted by atomic mass is 10.0. The largest absolute Gasteiger partial charge is 0.508 e. The third kappa shape index (κ3) is 17.1. The van der Waals surface area contributed by atoms with Gasteiger partial charge in [-0.25, -0.2) is 0 Å². The summed E-state index contributed by atoms with van der Waals surface area (Å²) in [6.07, 6.45) is 18.4. The van der Waals surface area contributed by atoms with Gasteiger partial charge in [-0.3, -0.25) is 9.59 Å².